The van der Waals surface area contributed by atoms with Crippen LogP contribution >= 0.6 is 0 Å². The minimum Gasteiger partial charge on any atom is -0.390 e. The van der Waals surface area contributed by atoms with E-state index in [0.717, 1.165) is 18.5 Å². The second-order valence-corrected chi connectivity index (χ2v) is 6.77. The van der Waals surface area contributed by atoms with E-state index in [1.54, 1.807) is 13.0 Å². The maximum absolute atomic E-state index is 14.4. The van der Waals surface area contributed by atoms with Gasteiger partial charge in [-0.05, 0) is 43.8 Å². The lowest BCUT2D eigenvalue weighted by molar-refractivity contribution is -0.0730. The van der Waals surface area contributed by atoms with Gasteiger partial charge < -0.3 is 26.8 Å². The molecule has 2 aromatic rings. The number of aliphatic imine (C=N–C) groups is 1. The molecule has 1 saturated heterocycles. The van der Waals surface area contributed by atoms with Gasteiger partial charge in [0.2, 0.25) is 0 Å². The molecule has 10 heteroatoms. The molecule has 0 aliphatic carbocycles. The van der Waals surface area contributed by atoms with E-state index >= 15 is 0 Å². The Bertz CT molecular complexity index is 947. The molecule has 1 heterocycles. The monoisotopic (exact) mass is 453 g/mol. The van der Waals surface area contributed by atoms with Crippen molar-refractivity contribution in [2.75, 3.05) is 32.0 Å². The summed E-state index contributed by atoms with van der Waals surface area (Å²) in [7, 11) is 1.50. The Morgan fingerprint density at radius 1 is 1.19 bits per heavy atom. The fourth-order valence-corrected chi connectivity index (χ4v) is 3.01. The summed E-state index contributed by atoms with van der Waals surface area (Å²) in [4.78, 5) is 17.7. The standard InChI is InChI=1S/C19H19F3N4O2.C2H6.CH5N/c1-11-2-5-15(14(21)6-11)25-17-12(3-4-13(20)16(17)22)18(27)26-8-19(28,9-26)7-24-10-23;2*1-2/h2-6,10,25,28H,7-9H2,1H3,(H2,23,24);1-2H3;2H2,1H3. The number of amides is 1. The van der Waals surface area contributed by atoms with Crippen LogP contribution < -0.4 is 16.8 Å². The van der Waals surface area contributed by atoms with Crippen LogP contribution in [0.1, 0.15) is 29.8 Å². The molecule has 32 heavy (non-hydrogen) atoms. The highest BCUT2D eigenvalue weighted by Crippen LogP contribution is 2.31. The topological polar surface area (TPSA) is 117 Å². The summed E-state index contributed by atoms with van der Waals surface area (Å²) in [6.45, 7) is 5.62. The normalized spacial score (nSPS) is 14.0. The lowest BCUT2D eigenvalue weighted by Crippen LogP contribution is -2.65. The highest BCUT2D eigenvalue weighted by Gasteiger charge is 2.44. The Kier molecular flexibility index (Phi) is 10.1. The van der Waals surface area contributed by atoms with Crippen molar-refractivity contribution in [2.24, 2.45) is 16.5 Å². The van der Waals surface area contributed by atoms with Gasteiger partial charge in [0, 0.05) is 0 Å². The maximum atomic E-state index is 14.4. The summed E-state index contributed by atoms with van der Waals surface area (Å²) in [6.07, 6.45) is 1.05. The Morgan fingerprint density at radius 2 is 1.81 bits per heavy atom. The number of halogens is 3. The largest absolute Gasteiger partial charge is 0.390 e. The Hall–Kier alpha value is -3.11. The summed E-state index contributed by atoms with van der Waals surface area (Å²) in [6, 6.07) is 6.14. The van der Waals surface area contributed by atoms with E-state index in [1.165, 1.54) is 24.1 Å². The molecule has 2 aromatic carbocycles. The van der Waals surface area contributed by atoms with Gasteiger partial charge in [0.15, 0.2) is 11.6 Å². The minimum absolute atomic E-state index is 0.0186. The van der Waals surface area contributed by atoms with Gasteiger partial charge in [0.25, 0.3) is 5.91 Å². The first-order chi connectivity index (χ1) is 15.2. The van der Waals surface area contributed by atoms with Gasteiger partial charge in [-0.3, -0.25) is 9.79 Å². The first kappa shape index (κ1) is 26.9. The van der Waals surface area contributed by atoms with E-state index in [2.05, 4.69) is 16.0 Å². The van der Waals surface area contributed by atoms with Crippen LogP contribution in [0.2, 0.25) is 0 Å². The average Bonchev–Trinajstić information content (AvgIpc) is 2.77. The van der Waals surface area contributed by atoms with Crippen LogP contribution in [-0.2, 0) is 0 Å². The van der Waals surface area contributed by atoms with Crippen molar-refractivity contribution in [3.63, 3.8) is 0 Å². The van der Waals surface area contributed by atoms with E-state index in [0.29, 0.717) is 5.56 Å². The third-order valence-electron chi connectivity index (χ3n) is 4.46. The molecule has 6 N–H and O–H groups in total. The number of carbonyl (C=O) groups excluding carboxylic acids is 1. The summed E-state index contributed by atoms with van der Waals surface area (Å²) in [5.74, 6) is -3.77. The summed E-state index contributed by atoms with van der Waals surface area (Å²) >= 11 is 0. The van der Waals surface area contributed by atoms with Crippen LogP contribution in [0.15, 0.2) is 35.3 Å². The molecular weight excluding hydrogens is 423 g/mol. The van der Waals surface area contributed by atoms with Crippen LogP contribution in [0.25, 0.3) is 0 Å². The second kappa shape index (κ2) is 12.1. The van der Waals surface area contributed by atoms with Gasteiger partial charge in [0.1, 0.15) is 11.4 Å². The van der Waals surface area contributed by atoms with Crippen molar-refractivity contribution in [2.45, 2.75) is 26.4 Å². The Morgan fingerprint density at radius 3 is 2.38 bits per heavy atom. The lowest BCUT2D eigenvalue weighted by atomic mass is 9.93. The highest BCUT2D eigenvalue weighted by atomic mass is 19.2. The van der Waals surface area contributed by atoms with Crippen molar-refractivity contribution >= 4 is 23.6 Å². The van der Waals surface area contributed by atoms with Gasteiger partial charge in [-0.15, -0.1) is 0 Å². The predicted molar refractivity (Wildman–Crippen MR) is 121 cm³/mol. The molecule has 0 radical (unpaired) electrons. The molecule has 0 atom stereocenters. The van der Waals surface area contributed by atoms with Crippen LogP contribution in [0.3, 0.4) is 0 Å². The number of aryl methyl sites for hydroxylation is 1. The number of rotatable bonds is 5. The molecule has 0 bridgehead atoms. The highest BCUT2D eigenvalue weighted by molar-refractivity contribution is 6.01. The number of benzene rings is 2. The zero-order valence-electron chi connectivity index (χ0n) is 18.6. The zero-order chi connectivity index (χ0) is 24.5. The molecule has 0 unspecified atom stereocenters. The van der Waals surface area contributed by atoms with E-state index in [1.807, 2.05) is 13.8 Å². The minimum atomic E-state index is -1.30. The van der Waals surface area contributed by atoms with E-state index in [4.69, 9.17) is 5.73 Å². The molecule has 1 fully saturated rings. The van der Waals surface area contributed by atoms with Crippen molar-refractivity contribution < 1.29 is 23.1 Å². The first-order valence-corrected chi connectivity index (χ1v) is 10.0. The van der Waals surface area contributed by atoms with E-state index < -0.39 is 34.6 Å². The number of nitrogens with zero attached hydrogens (tertiary/aromatic N) is 2. The van der Waals surface area contributed by atoms with Crippen LogP contribution in [-0.4, -0.2) is 54.5 Å². The summed E-state index contributed by atoms with van der Waals surface area (Å²) in [5, 5.41) is 12.7. The Labute approximate surface area is 185 Å². The molecule has 1 aliphatic heterocycles. The van der Waals surface area contributed by atoms with Gasteiger partial charge in [-0.25, -0.2) is 13.2 Å². The molecule has 0 aromatic heterocycles. The molecule has 0 saturated carbocycles. The fourth-order valence-electron chi connectivity index (χ4n) is 3.01. The smallest absolute Gasteiger partial charge is 0.256 e. The molecular formula is C22H30F3N5O2. The van der Waals surface area contributed by atoms with Crippen LogP contribution in [0.4, 0.5) is 24.5 Å². The number of aliphatic hydroxyl groups is 1. The Balaban J connectivity index is 0.00000121. The predicted octanol–water partition coefficient (Wildman–Crippen LogP) is 2.93. The number of hydrogen-bond donors (Lipinski definition) is 4. The number of nitrogens with one attached hydrogen (secondary N) is 1. The average molecular weight is 454 g/mol. The van der Waals surface area contributed by atoms with Gasteiger partial charge in [-0.1, -0.05) is 19.9 Å². The maximum Gasteiger partial charge on any atom is 0.256 e. The fraction of sp³-hybridized carbons (Fsp3) is 0.364. The zero-order valence-corrected chi connectivity index (χ0v) is 18.6. The quantitative estimate of drug-likeness (QED) is 0.410. The number of carbonyl (C=O) groups is 1. The van der Waals surface area contributed by atoms with Crippen LogP contribution in [0, 0.1) is 24.4 Å². The first-order valence-electron chi connectivity index (χ1n) is 10.0. The third kappa shape index (κ3) is 6.21. The second-order valence-electron chi connectivity index (χ2n) is 6.77. The number of likely N-dealkylation sites (tertiary alicyclic amines) is 1. The number of nitrogens with two attached hydrogens (primary N) is 2. The molecule has 7 nitrogen and oxygen atoms in total. The summed E-state index contributed by atoms with van der Waals surface area (Å²) < 4.78 is 42.3. The van der Waals surface area contributed by atoms with Gasteiger partial charge >= 0.3 is 0 Å². The third-order valence-corrected chi connectivity index (χ3v) is 4.46. The molecule has 1 amide bonds. The number of anilines is 2. The van der Waals surface area contributed by atoms with Gasteiger partial charge in [-0.2, -0.15) is 0 Å². The molecule has 3 rings (SSSR count). The molecule has 0 spiro atoms. The van der Waals surface area contributed by atoms with Crippen molar-refractivity contribution in [3.05, 3.63) is 58.9 Å². The van der Waals surface area contributed by atoms with Crippen molar-refractivity contribution in [1.29, 1.82) is 0 Å². The van der Waals surface area contributed by atoms with E-state index in [-0.39, 0.29) is 30.9 Å². The SMILES string of the molecule is CC.CN.Cc1ccc(Nc2c(C(=O)N3CC(O)(CN=CN)C3)ccc(F)c2F)c(F)c1. The van der Waals surface area contributed by atoms with Gasteiger partial charge in [0.05, 0.1) is 42.9 Å². The summed E-state index contributed by atoms with van der Waals surface area (Å²) in [5.41, 5.74) is 8.33. The number of hydrogen-bond acceptors (Lipinski definition) is 5. The number of β-amino-alcohol motifs (C(OH)–C–C–N with tert-alkyl or cyclic N) is 1. The van der Waals surface area contributed by atoms with Crippen LogP contribution in [0.5, 0.6) is 0 Å². The van der Waals surface area contributed by atoms with E-state index in [9.17, 15) is 23.1 Å². The lowest BCUT2D eigenvalue weighted by Gasteiger charge is -2.45. The van der Waals surface area contributed by atoms with Crippen molar-refractivity contribution in [3.8, 4) is 0 Å². The van der Waals surface area contributed by atoms with Crippen molar-refractivity contribution in [1.82, 2.24) is 4.90 Å². The molecule has 1 aliphatic rings. The molecule has 176 valence electrons.